The molecule has 0 aromatic heterocycles. The zero-order valence-corrected chi connectivity index (χ0v) is 14.0. The van der Waals surface area contributed by atoms with Gasteiger partial charge in [-0.05, 0) is 49.4 Å². The highest BCUT2D eigenvalue weighted by molar-refractivity contribution is 9.09. The number of halogens is 1. The van der Waals surface area contributed by atoms with Gasteiger partial charge in [0, 0.05) is 10.7 Å². The first-order valence-corrected chi connectivity index (χ1v) is 8.45. The summed E-state index contributed by atoms with van der Waals surface area (Å²) in [5, 5.41) is 0. The Morgan fingerprint density at radius 2 is 1.84 bits per heavy atom. The molecule has 0 amide bonds. The number of alkyl halides is 1. The van der Waals surface area contributed by atoms with Gasteiger partial charge in [-0.25, -0.2) is 0 Å². The molecule has 0 N–H and O–H groups in total. The summed E-state index contributed by atoms with van der Waals surface area (Å²) in [6.45, 7) is 9.39. The summed E-state index contributed by atoms with van der Waals surface area (Å²) in [5.41, 5.74) is 0.381. The Morgan fingerprint density at radius 1 is 1.16 bits per heavy atom. The molecule has 0 aromatic carbocycles. The minimum absolute atomic E-state index is 0.0175. The first-order chi connectivity index (χ1) is 8.67. The second-order valence-electron chi connectivity index (χ2n) is 8.13. The summed E-state index contributed by atoms with van der Waals surface area (Å²) < 4.78 is 5.72. The van der Waals surface area contributed by atoms with E-state index in [0.29, 0.717) is 28.5 Å². The summed E-state index contributed by atoms with van der Waals surface area (Å²) in [7, 11) is 0. The van der Waals surface area contributed by atoms with Crippen molar-refractivity contribution in [3.8, 4) is 0 Å². The Bertz CT molecular complexity index is 419. The fourth-order valence-electron chi connectivity index (χ4n) is 5.75. The van der Waals surface area contributed by atoms with Crippen LogP contribution < -0.4 is 0 Å². The summed E-state index contributed by atoms with van der Waals surface area (Å²) in [6, 6.07) is 0. The van der Waals surface area contributed by atoms with Crippen LogP contribution in [0.4, 0.5) is 0 Å². The van der Waals surface area contributed by atoms with E-state index in [1.54, 1.807) is 0 Å². The maximum absolute atomic E-state index is 11.8. The molecular formula is C16H25BrO2. The van der Waals surface area contributed by atoms with E-state index in [9.17, 15) is 4.79 Å². The molecular weight excluding hydrogens is 304 g/mol. The molecule has 0 spiro atoms. The number of rotatable bonds is 0. The van der Waals surface area contributed by atoms with E-state index in [1.165, 1.54) is 19.3 Å². The van der Waals surface area contributed by atoms with Crippen LogP contribution in [0.3, 0.4) is 0 Å². The third kappa shape index (κ3) is 1.91. The molecule has 0 radical (unpaired) electrons. The number of ether oxygens (including phenoxy) is 1. The maximum Gasteiger partial charge on any atom is 0.306 e. The fraction of sp³-hybridized carbons (Fsp3) is 0.938. The van der Waals surface area contributed by atoms with Gasteiger partial charge in [-0.15, -0.1) is 0 Å². The molecule has 1 unspecified atom stereocenters. The topological polar surface area (TPSA) is 26.3 Å². The van der Waals surface area contributed by atoms with Crippen molar-refractivity contribution in [3.63, 3.8) is 0 Å². The van der Waals surface area contributed by atoms with Crippen molar-refractivity contribution in [2.24, 2.45) is 22.7 Å². The Balaban J connectivity index is 2.02. The normalized spacial score (nSPS) is 52.3. The van der Waals surface area contributed by atoms with Gasteiger partial charge in [0.1, 0.15) is 5.60 Å². The van der Waals surface area contributed by atoms with E-state index in [0.717, 1.165) is 6.42 Å². The molecule has 0 aromatic rings. The number of carbonyl (C=O) groups excluding carboxylic acids is 1. The van der Waals surface area contributed by atoms with E-state index < -0.39 is 0 Å². The predicted molar refractivity (Wildman–Crippen MR) is 79.2 cm³/mol. The van der Waals surface area contributed by atoms with Crippen LogP contribution in [0.1, 0.15) is 59.8 Å². The lowest BCUT2D eigenvalue weighted by Crippen LogP contribution is -2.57. The van der Waals surface area contributed by atoms with Gasteiger partial charge in [0.05, 0.1) is 6.42 Å². The minimum atomic E-state index is -0.206. The molecule has 1 heterocycles. The number of hydrogen-bond donors (Lipinski definition) is 0. The second-order valence-corrected chi connectivity index (χ2v) is 9.43. The summed E-state index contributed by atoms with van der Waals surface area (Å²) >= 11 is 3.87. The monoisotopic (exact) mass is 328 g/mol. The first-order valence-electron chi connectivity index (χ1n) is 7.53. The average molecular weight is 329 g/mol. The summed E-state index contributed by atoms with van der Waals surface area (Å²) in [4.78, 5) is 12.4. The third-order valence-electron chi connectivity index (χ3n) is 6.33. The van der Waals surface area contributed by atoms with Crippen LogP contribution in [0.2, 0.25) is 0 Å². The Hall–Kier alpha value is -0.0500. The van der Waals surface area contributed by atoms with E-state index in [2.05, 4.69) is 43.6 Å². The Morgan fingerprint density at radius 3 is 2.53 bits per heavy atom. The predicted octanol–water partition coefficient (Wildman–Crippen LogP) is 4.31. The van der Waals surface area contributed by atoms with Crippen LogP contribution in [0.5, 0.6) is 0 Å². The van der Waals surface area contributed by atoms with Crippen LogP contribution in [-0.2, 0) is 9.53 Å². The standard InChI is InChI=1S/C16H25BrO2/c1-14(2)8-10(17)9-15(3)11(14)5-6-16(4)12(15)7-13(18)19-16/h10-12H,5-9H2,1-4H3/t10-,11?,12+,15-,16+/m0/s1. The van der Waals surface area contributed by atoms with Crippen LogP contribution in [0.25, 0.3) is 0 Å². The van der Waals surface area contributed by atoms with E-state index >= 15 is 0 Å². The van der Waals surface area contributed by atoms with Gasteiger partial charge in [0.25, 0.3) is 0 Å². The number of esters is 1. The van der Waals surface area contributed by atoms with E-state index in [1.807, 2.05) is 0 Å². The van der Waals surface area contributed by atoms with Gasteiger partial charge in [0.2, 0.25) is 0 Å². The van der Waals surface area contributed by atoms with Crippen molar-refractivity contribution < 1.29 is 9.53 Å². The smallest absolute Gasteiger partial charge is 0.306 e. The lowest BCUT2D eigenvalue weighted by molar-refractivity contribution is -0.164. The molecule has 108 valence electrons. The molecule has 3 rings (SSSR count). The first kappa shape index (κ1) is 13.9. The largest absolute Gasteiger partial charge is 0.459 e. The molecule has 2 aliphatic carbocycles. The summed E-state index contributed by atoms with van der Waals surface area (Å²) in [5.74, 6) is 1.12. The highest BCUT2D eigenvalue weighted by Crippen LogP contribution is 2.65. The molecule has 3 aliphatic rings. The SMILES string of the molecule is CC1(C)C[C@H](Br)C[C@@]2(C)C1CC[C@@]1(C)OC(=O)C[C@@H]12. The van der Waals surface area contributed by atoms with Crippen LogP contribution in [-0.4, -0.2) is 16.4 Å². The van der Waals surface area contributed by atoms with Gasteiger partial charge in [-0.3, -0.25) is 4.79 Å². The number of fused-ring (bicyclic) bond motifs is 3. The third-order valence-corrected chi connectivity index (χ3v) is 6.98. The zero-order chi connectivity index (χ0) is 14.1. The zero-order valence-electron chi connectivity index (χ0n) is 12.5. The minimum Gasteiger partial charge on any atom is -0.459 e. The number of carbonyl (C=O) groups is 1. The van der Waals surface area contributed by atoms with Gasteiger partial charge in [-0.1, -0.05) is 36.7 Å². The Labute approximate surface area is 124 Å². The number of hydrogen-bond acceptors (Lipinski definition) is 2. The molecule has 5 atom stereocenters. The van der Waals surface area contributed by atoms with E-state index in [4.69, 9.17) is 4.74 Å². The molecule has 19 heavy (non-hydrogen) atoms. The van der Waals surface area contributed by atoms with Gasteiger partial charge in [0.15, 0.2) is 0 Å². The quantitative estimate of drug-likeness (QED) is 0.489. The highest BCUT2D eigenvalue weighted by Gasteiger charge is 2.63. The average Bonchev–Trinajstić information content (AvgIpc) is 2.51. The molecule has 3 fully saturated rings. The molecule has 2 saturated carbocycles. The van der Waals surface area contributed by atoms with Crippen molar-refractivity contribution in [3.05, 3.63) is 0 Å². The van der Waals surface area contributed by atoms with Crippen molar-refractivity contribution in [2.45, 2.75) is 70.2 Å². The van der Waals surface area contributed by atoms with Crippen molar-refractivity contribution in [1.29, 1.82) is 0 Å². The Kier molecular flexibility index (Phi) is 2.92. The fourth-order valence-corrected chi connectivity index (χ4v) is 7.28. The van der Waals surface area contributed by atoms with Crippen LogP contribution in [0.15, 0.2) is 0 Å². The lowest BCUT2D eigenvalue weighted by atomic mass is 9.45. The van der Waals surface area contributed by atoms with Gasteiger partial charge >= 0.3 is 5.97 Å². The van der Waals surface area contributed by atoms with Crippen LogP contribution >= 0.6 is 15.9 Å². The molecule has 0 bridgehead atoms. The maximum atomic E-state index is 11.8. The molecule has 2 nitrogen and oxygen atoms in total. The lowest BCUT2D eigenvalue weighted by Gasteiger charge is -2.60. The molecule has 1 saturated heterocycles. The van der Waals surface area contributed by atoms with Crippen LogP contribution in [0, 0.1) is 22.7 Å². The van der Waals surface area contributed by atoms with Crippen molar-refractivity contribution >= 4 is 21.9 Å². The van der Waals surface area contributed by atoms with E-state index in [-0.39, 0.29) is 17.0 Å². The second kappa shape index (κ2) is 3.99. The van der Waals surface area contributed by atoms with Gasteiger partial charge in [-0.2, -0.15) is 0 Å². The van der Waals surface area contributed by atoms with Crippen molar-refractivity contribution in [2.75, 3.05) is 0 Å². The molecule has 3 heteroatoms. The van der Waals surface area contributed by atoms with Crippen molar-refractivity contribution in [1.82, 2.24) is 0 Å². The summed E-state index contributed by atoms with van der Waals surface area (Å²) in [6.07, 6.45) is 5.28. The highest BCUT2D eigenvalue weighted by atomic mass is 79.9. The van der Waals surface area contributed by atoms with Gasteiger partial charge < -0.3 is 4.74 Å². The molecule has 1 aliphatic heterocycles.